The van der Waals surface area contributed by atoms with Crippen LogP contribution < -0.4 is 5.73 Å². The van der Waals surface area contributed by atoms with Gasteiger partial charge in [0.25, 0.3) is 0 Å². The van der Waals surface area contributed by atoms with Crippen molar-refractivity contribution in [1.82, 2.24) is 0 Å². The van der Waals surface area contributed by atoms with Crippen molar-refractivity contribution in [2.75, 3.05) is 0 Å². The lowest BCUT2D eigenvalue weighted by Gasteiger charge is -2.36. The third kappa shape index (κ3) is 2.46. The first-order chi connectivity index (χ1) is 6.29. The molecule has 2 aliphatic rings. The molecule has 0 aromatic carbocycles. The van der Waals surface area contributed by atoms with Crippen molar-refractivity contribution in [2.24, 2.45) is 11.7 Å². The second-order valence-electron chi connectivity index (χ2n) is 5.28. The molecule has 0 spiro atoms. The number of hydrogen-bond acceptors (Lipinski definition) is 1. The first kappa shape index (κ1) is 9.51. The molecular weight excluding hydrogens is 158 g/mol. The van der Waals surface area contributed by atoms with Crippen LogP contribution in [0.5, 0.6) is 0 Å². The number of hydrogen-bond donors (Lipinski definition) is 1. The van der Waals surface area contributed by atoms with Gasteiger partial charge in [0.15, 0.2) is 0 Å². The van der Waals surface area contributed by atoms with E-state index in [1.54, 1.807) is 0 Å². The summed E-state index contributed by atoms with van der Waals surface area (Å²) in [6, 6.07) is 0. The maximum absolute atomic E-state index is 6.47. The van der Waals surface area contributed by atoms with Gasteiger partial charge in [0.05, 0.1) is 0 Å². The topological polar surface area (TPSA) is 26.0 Å². The van der Waals surface area contributed by atoms with Gasteiger partial charge in [-0.05, 0) is 25.2 Å². The van der Waals surface area contributed by atoms with Crippen molar-refractivity contribution < 1.29 is 0 Å². The van der Waals surface area contributed by atoms with Crippen LogP contribution in [0.2, 0.25) is 0 Å². The third-order valence-corrected chi connectivity index (χ3v) is 4.02. The molecule has 0 aromatic heterocycles. The predicted molar refractivity (Wildman–Crippen MR) is 56.6 cm³/mol. The van der Waals surface area contributed by atoms with Crippen LogP contribution in [0.4, 0.5) is 0 Å². The molecule has 2 fully saturated rings. The van der Waals surface area contributed by atoms with E-state index in [1.165, 1.54) is 64.2 Å². The first-order valence-corrected chi connectivity index (χ1v) is 6.07. The van der Waals surface area contributed by atoms with Crippen LogP contribution in [0.3, 0.4) is 0 Å². The molecule has 0 unspecified atom stereocenters. The zero-order valence-corrected chi connectivity index (χ0v) is 8.73. The van der Waals surface area contributed by atoms with Crippen LogP contribution in [-0.4, -0.2) is 5.54 Å². The lowest BCUT2D eigenvalue weighted by atomic mass is 9.74. The third-order valence-electron chi connectivity index (χ3n) is 4.02. The summed E-state index contributed by atoms with van der Waals surface area (Å²) in [5.41, 5.74) is 6.71. The predicted octanol–water partition coefficient (Wildman–Crippen LogP) is 3.23. The quantitative estimate of drug-likeness (QED) is 0.650. The number of nitrogens with two attached hydrogens (primary N) is 1. The Labute approximate surface area is 82.1 Å². The lowest BCUT2D eigenvalue weighted by Crippen LogP contribution is -2.42. The van der Waals surface area contributed by atoms with Crippen LogP contribution in [0.25, 0.3) is 0 Å². The summed E-state index contributed by atoms with van der Waals surface area (Å²) in [5.74, 6) is 0.989. The minimum Gasteiger partial charge on any atom is -0.325 e. The van der Waals surface area contributed by atoms with Crippen LogP contribution in [0.1, 0.15) is 64.2 Å². The van der Waals surface area contributed by atoms with Crippen LogP contribution in [0, 0.1) is 5.92 Å². The Morgan fingerprint density at radius 2 is 1.54 bits per heavy atom. The molecule has 0 bridgehead atoms. The highest BCUT2D eigenvalue weighted by atomic mass is 14.7. The molecule has 2 aliphatic carbocycles. The SMILES string of the molecule is NC1(CC2CCC2)CCCCCC1. The largest absolute Gasteiger partial charge is 0.325 e. The summed E-state index contributed by atoms with van der Waals surface area (Å²) in [4.78, 5) is 0. The van der Waals surface area contributed by atoms with Gasteiger partial charge in [-0.15, -0.1) is 0 Å². The van der Waals surface area contributed by atoms with Crippen molar-refractivity contribution in [3.8, 4) is 0 Å². The van der Waals surface area contributed by atoms with Crippen molar-refractivity contribution in [2.45, 2.75) is 69.7 Å². The molecule has 0 heterocycles. The standard InChI is InChI=1S/C12H23N/c13-12(10-11-6-5-7-11)8-3-1-2-4-9-12/h11H,1-10,13H2. The summed E-state index contributed by atoms with van der Waals surface area (Å²) in [5, 5.41) is 0. The smallest absolute Gasteiger partial charge is 0.0157 e. The van der Waals surface area contributed by atoms with Crippen molar-refractivity contribution in [3.63, 3.8) is 0 Å². The summed E-state index contributed by atoms with van der Waals surface area (Å²) < 4.78 is 0. The Kier molecular flexibility index (Phi) is 2.92. The molecule has 1 heteroatoms. The van der Waals surface area contributed by atoms with Gasteiger partial charge in [-0.2, -0.15) is 0 Å². The maximum Gasteiger partial charge on any atom is 0.0157 e. The molecule has 0 radical (unpaired) electrons. The van der Waals surface area contributed by atoms with E-state index in [4.69, 9.17) is 5.73 Å². The Hall–Kier alpha value is -0.0400. The molecule has 76 valence electrons. The second-order valence-corrected chi connectivity index (χ2v) is 5.28. The van der Waals surface area contributed by atoms with Crippen LogP contribution in [-0.2, 0) is 0 Å². The summed E-state index contributed by atoms with van der Waals surface area (Å²) >= 11 is 0. The normalized spacial score (nSPS) is 29.3. The molecule has 0 aliphatic heterocycles. The Morgan fingerprint density at radius 1 is 0.923 bits per heavy atom. The minimum atomic E-state index is 0.238. The van der Waals surface area contributed by atoms with Crippen molar-refractivity contribution in [3.05, 3.63) is 0 Å². The summed E-state index contributed by atoms with van der Waals surface area (Å²) in [6.45, 7) is 0. The summed E-state index contributed by atoms with van der Waals surface area (Å²) in [7, 11) is 0. The second kappa shape index (κ2) is 4.00. The molecular formula is C12H23N. The summed E-state index contributed by atoms with van der Waals surface area (Å²) in [6.07, 6.45) is 13.9. The van der Waals surface area contributed by atoms with Crippen molar-refractivity contribution in [1.29, 1.82) is 0 Å². The molecule has 13 heavy (non-hydrogen) atoms. The van der Waals surface area contributed by atoms with Gasteiger partial charge in [-0.25, -0.2) is 0 Å². The molecule has 1 nitrogen and oxygen atoms in total. The molecule has 2 rings (SSSR count). The van der Waals surface area contributed by atoms with Crippen molar-refractivity contribution >= 4 is 0 Å². The van der Waals surface area contributed by atoms with Gasteiger partial charge in [-0.1, -0.05) is 44.9 Å². The van der Waals surface area contributed by atoms with E-state index in [-0.39, 0.29) is 5.54 Å². The molecule has 0 amide bonds. The first-order valence-electron chi connectivity index (χ1n) is 6.07. The van der Waals surface area contributed by atoms with Gasteiger partial charge < -0.3 is 5.73 Å². The van der Waals surface area contributed by atoms with E-state index in [9.17, 15) is 0 Å². The highest BCUT2D eigenvalue weighted by Crippen LogP contribution is 2.37. The molecule has 2 saturated carbocycles. The molecule has 2 N–H and O–H groups in total. The zero-order valence-electron chi connectivity index (χ0n) is 8.73. The van der Waals surface area contributed by atoms with E-state index < -0.39 is 0 Å². The fraction of sp³-hybridized carbons (Fsp3) is 1.00. The van der Waals surface area contributed by atoms with E-state index in [0.29, 0.717) is 0 Å². The average molecular weight is 181 g/mol. The Bertz CT molecular complexity index is 153. The zero-order chi connectivity index (χ0) is 9.15. The van der Waals surface area contributed by atoms with Gasteiger partial charge >= 0.3 is 0 Å². The van der Waals surface area contributed by atoms with E-state index in [0.717, 1.165) is 5.92 Å². The fourth-order valence-electron chi connectivity index (χ4n) is 2.91. The maximum atomic E-state index is 6.47. The fourth-order valence-corrected chi connectivity index (χ4v) is 2.91. The van der Waals surface area contributed by atoms with Gasteiger partial charge in [0.1, 0.15) is 0 Å². The van der Waals surface area contributed by atoms with Crippen LogP contribution >= 0.6 is 0 Å². The minimum absolute atomic E-state index is 0.238. The van der Waals surface area contributed by atoms with E-state index in [1.807, 2.05) is 0 Å². The molecule has 0 aromatic rings. The van der Waals surface area contributed by atoms with Gasteiger partial charge in [0.2, 0.25) is 0 Å². The average Bonchev–Trinajstić information content (AvgIpc) is 2.24. The van der Waals surface area contributed by atoms with Crippen LogP contribution in [0.15, 0.2) is 0 Å². The Morgan fingerprint density at radius 3 is 2.00 bits per heavy atom. The van der Waals surface area contributed by atoms with Gasteiger partial charge in [-0.3, -0.25) is 0 Å². The van der Waals surface area contributed by atoms with Gasteiger partial charge in [0, 0.05) is 5.54 Å². The lowest BCUT2D eigenvalue weighted by molar-refractivity contribution is 0.208. The van der Waals surface area contributed by atoms with E-state index in [2.05, 4.69) is 0 Å². The Balaban J connectivity index is 1.84. The highest BCUT2D eigenvalue weighted by Gasteiger charge is 2.31. The number of rotatable bonds is 2. The highest BCUT2D eigenvalue weighted by molar-refractivity contribution is 4.90. The van der Waals surface area contributed by atoms with E-state index >= 15 is 0 Å². The monoisotopic (exact) mass is 181 g/mol. The molecule has 0 saturated heterocycles. The molecule has 0 atom stereocenters.